The zero-order valence-electron chi connectivity index (χ0n) is 18.4. The Labute approximate surface area is 193 Å². The van der Waals surface area contributed by atoms with Crippen LogP contribution < -0.4 is 4.74 Å². The van der Waals surface area contributed by atoms with Crippen LogP contribution in [0.3, 0.4) is 0 Å². The van der Waals surface area contributed by atoms with Gasteiger partial charge in [0.25, 0.3) is 0 Å². The molecule has 0 saturated heterocycles. The molecule has 0 aliphatic heterocycles. The van der Waals surface area contributed by atoms with Crippen molar-refractivity contribution >= 4 is 27.8 Å². The maximum atomic E-state index is 14.6. The number of methoxy groups -OCH3 is 2. The molecule has 0 aliphatic rings. The monoisotopic (exact) mass is 459 g/mol. The van der Waals surface area contributed by atoms with Gasteiger partial charge >= 0.3 is 5.97 Å². The Morgan fingerprint density at radius 3 is 2.56 bits per heavy atom. The molecular weight excluding hydrogens is 440 g/mol. The van der Waals surface area contributed by atoms with E-state index in [0.29, 0.717) is 33.4 Å². The van der Waals surface area contributed by atoms with E-state index in [0.717, 1.165) is 11.5 Å². The molecule has 0 amide bonds. The number of benzene rings is 2. The van der Waals surface area contributed by atoms with Crippen molar-refractivity contribution in [2.45, 2.75) is 6.54 Å². The molecule has 0 radical (unpaired) electrons. The van der Waals surface area contributed by atoms with Crippen LogP contribution in [0.5, 0.6) is 5.88 Å². The lowest BCUT2D eigenvalue weighted by Crippen LogP contribution is -2.13. The van der Waals surface area contributed by atoms with Gasteiger partial charge in [-0.25, -0.2) is 18.6 Å². The molecule has 0 fully saturated rings. The zero-order valence-corrected chi connectivity index (χ0v) is 18.4. The van der Waals surface area contributed by atoms with Crippen LogP contribution in [0.1, 0.15) is 16.1 Å². The first-order valence-corrected chi connectivity index (χ1v) is 10.4. The Morgan fingerprint density at radius 1 is 1.00 bits per heavy atom. The molecule has 3 heterocycles. The van der Waals surface area contributed by atoms with Crippen molar-refractivity contribution in [2.24, 2.45) is 0 Å². The number of fused-ring (bicyclic) bond motifs is 3. The van der Waals surface area contributed by atoms with E-state index in [1.54, 1.807) is 29.1 Å². The summed E-state index contributed by atoms with van der Waals surface area (Å²) in [5, 5.41) is 1.54. The molecule has 0 unspecified atom stereocenters. The zero-order chi connectivity index (χ0) is 23.8. The van der Waals surface area contributed by atoms with Gasteiger partial charge in [-0.3, -0.25) is 4.98 Å². The minimum absolute atomic E-state index is 0.0338. The van der Waals surface area contributed by atoms with Crippen LogP contribution in [0.25, 0.3) is 32.9 Å². The first kappa shape index (κ1) is 21.5. The van der Waals surface area contributed by atoms with E-state index < -0.39 is 17.6 Å². The van der Waals surface area contributed by atoms with Crippen molar-refractivity contribution < 1.29 is 23.0 Å². The summed E-state index contributed by atoms with van der Waals surface area (Å²) in [5.41, 5.74) is 2.77. The summed E-state index contributed by atoms with van der Waals surface area (Å²) in [6.45, 7) is -0.0338. The summed E-state index contributed by atoms with van der Waals surface area (Å²) in [5.74, 6) is -1.70. The first-order valence-electron chi connectivity index (χ1n) is 10.4. The van der Waals surface area contributed by atoms with Crippen molar-refractivity contribution in [3.63, 3.8) is 0 Å². The third-order valence-corrected chi connectivity index (χ3v) is 5.76. The molecule has 2 aromatic carbocycles. The number of aromatic nitrogens is 3. The van der Waals surface area contributed by atoms with Crippen molar-refractivity contribution in [1.29, 1.82) is 0 Å². The van der Waals surface area contributed by atoms with Gasteiger partial charge in [-0.05, 0) is 30.3 Å². The lowest BCUT2D eigenvalue weighted by atomic mass is 10.0. The molecule has 0 bridgehead atoms. The smallest absolute Gasteiger partial charge is 0.355 e. The Kier molecular flexibility index (Phi) is 5.41. The van der Waals surface area contributed by atoms with Crippen molar-refractivity contribution in [3.8, 4) is 17.0 Å². The minimum Gasteiger partial charge on any atom is -0.481 e. The van der Waals surface area contributed by atoms with E-state index in [4.69, 9.17) is 9.47 Å². The highest BCUT2D eigenvalue weighted by Gasteiger charge is 2.29. The number of esters is 1. The second-order valence-electron chi connectivity index (χ2n) is 7.63. The van der Waals surface area contributed by atoms with E-state index in [1.165, 1.54) is 26.4 Å². The van der Waals surface area contributed by atoms with Crippen LogP contribution in [-0.4, -0.2) is 34.7 Å². The van der Waals surface area contributed by atoms with E-state index >= 15 is 0 Å². The predicted octanol–water partition coefficient (Wildman–Crippen LogP) is 5.37. The minimum atomic E-state index is -0.711. The average molecular weight is 459 g/mol. The quantitative estimate of drug-likeness (QED) is 0.331. The SMILES string of the molecule is COC(=O)c1c(-c2cccnc2OC)c2c3ncccc3ccc2n1Cc1ccc(F)cc1F. The largest absolute Gasteiger partial charge is 0.481 e. The second-order valence-corrected chi connectivity index (χ2v) is 7.63. The number of nitrogens with zero attached hydrogens (tertiary/aromatic N) is 3. The van der Waals surface area contributed by atoms with Gasteiger partial charge in [-0.2, -0.15) is 0 Å². The summed E-state index contributed by atoms with van der Waals surface area (Å²) in [4.78, 5) is 22.1. The number of hydrogen-bond donors (Lipinski definition) is 0. The number of hydrogen-bond acceptors (Lipinski definition) is 5. The van der Waals surface area contributed by atoms with Crippen LogP contribution in [0, 0.1) is 11.6 Å². The first-order chi connectivity index (χ1) is 16.5. The van der Waals surface area contributed by atoms with Gasteiger partial charge in [0, 0.05) is 45.9 Å². The molecular formula is C26H19F2N3O3. The van der Waals surface area contributed by atoms with Gasteiger partial charge < -0.3 is 14.0 Å². The van der Waals surface area contributed by atoms with Crippen LogP contribution in [0.4, 0.5) is 8.78 Å². The predicted molar refractivity (Wildman–Crippen MR) is 124 cm³/mol. The maximum Gasteiger partial charge on any atom is 0.355 e. The standard InChI is InChI=1S/C26H19F2N3O3/c1-33-25-18(6-4-12-30-25)21-22-20(10-8-15-5-3-11-29-23(15)22)31(24(21)26(32)34-2)14-16-7-9-17(27)13-19(16)28/h3-13H,14H2,1-2H3. The summed E-state index contributed by atoms with van der Waals surface area (Å²) in [6.07, 6.45) is 3.25. The molecule has 0 N–H and O–H groups in total. The molecule has 5 aromatic rings. The molecule has 8 heteroatoms. The fraction of sp³-hybridized carbons (Fsp3) is 0.115. The Balaban J connectivity index is 1.93. The number of carbonyl (C=O) groups is 1. The number of halogens is 2. The Bertz CT molecular complexity index is 1560. The lowest BCUT2D eigenvalue weighted by molar-refractivity contribution is 0.0590. The highest BCUT2D eigenvalue weighted by molar-refractivity contribution is 6.18. The molecule has 170 valence electrons. The van der Waals surface area contributed by atoms with Crippen molar-refractivity contribution in [2.75, 3.05) is 14.2 Å². The molecule has 0 aliphatic carbocycles. The topological polar surface area (TPSA) is 66.2 Å². The number of carbonyl (C=O) groups excluding carboxylic acids is 1. The van der Waals surface area contributed by atoms with Gasteiger partial charge in [-0.1, -0.05) is 18.2 Å². The van der Waals surface area contributed by atoms with Gasteiger partial charge in [0.2, 0.25) is 5.88 Å². The number of rotatable bonds is 5. The second kappa shape index (κ2) is 8.55. The summed E-state index contributed by atoms with van der Waals surface area (Å²) in [6, 6.07) is 14.4. The Morgan fingerprint density at radius 2 is 1.79 bits per heavy atom. The fourth-order valence-electron chi connectivity index (χ4n) is 4.28. The van der Waals surface area contributed by atoms with Crippen molar-refractivity contribution in [1.82, 2.24) is 14.5 Å². The van der Waals surface area contributed by atoms with E-state index in [1.807, 2.05) is 24.3 Å². The third-order valence-electron chi connectivity index (χ3n) is 5.76. The fourth-order valence-corrected chi connectivity index (χ4v) is 4.28. The van der Waals surface area contributed by atoms with E-state index in [2.05, 4.69) is 9.97 Å². The maximum absolute atomic E-state index is 14.6. The number of ether oxygens (including phenoxy) is 2. The molecule has 0 atom stereocenters. The molecule has 0 spiro atoms. The highest BCUT2D eigenvalue weighted by Crippen LogP contribution is 2.42. The van der Waals surface area contributed by atoms with Gasteiger partial charge in [-0.15, -0.1) is 0 Å². The van der Waals surface area contributed by atoms with Gasteiger partial charge in [0.05, 0.1) is 31.8 Å². The molecule has 34 heavy (non-hydrogen) atoms. The van der Waals surface area contributed by atoms with Crippen LogP contribution in [0.2, 0.25) is 0 Å². The van der Waals surface area contributed by atoms with Gasteiger partial charge in [0.1, 0.15) is 17.3 Å². The van der Waals surface area contributed by atoms with Gasteiger partial charge in [0.15, 0.2) is 0 Å². The number of pyridine rings is 2. The average Bonchev–Trinajstić information content (AvgIpc) is 3.19. The molecule has 3 aromatic heterocycles. The van der Waals surface area contributed by atoms with Crippen molar-refractivity contribution in [3.05, 3.63) is 89.9 Å². The van der Waals surface area contributed by atoms with Crippen LogP contribution >= 0.6 is 0 Å². The van der Waals surface area contributed by atoms with E-state index in [-0.39, 0.29) is 17.8 Å². The molecule has 5 rings (SSSR count). The summed E-state index contributed by atoms with van der Waals surface area (Å²) < 4.78 is 40.5. The molecule has 6 nitrogen and oxygen atoms in total. The lowest BCUT2D eigenvalue weighted by Gasteiger charge is -2.12. The molecule has 0 saturated carbocycles. The summed E-state index contributed by atoms with van der Waals surface area (Å²) in [7, 11) is 2.77. The highest BCUT2D eigenvalue weighted by atomic mass is 19.1. The van der Waals surface area contributed by atoms with Crippen LogP contribution in [0.15, 0.2) is 67.0 Å². The van der Waals surface area contributed by atoms with E-state index in [9.17, 15) is 13.6 Å². The summed E-state index contributed by atoms with van der Waals surface area (Å²) >= 11 is 0. The Hall–Kier alpha value is -4.33. The normalized spacial score (nSPS) is 11.2. The van der Waals surface area contributed by atoms with Crippen LogP contribution in [-0.2, 0) is 11.3 Å². The third kappa shape index (κ3) is 3.44.